The summed E-state index contributed by atoms with van der Waals surface area (Å²) in [5.41, 5.74) is 0.898. The molecule has 0 aliphatic carbocycles. The molecular formula is C28H41N5O5. The third-order valence-electron chi connectivity index (χ3n) is 7.58. The summed E-state index contributed by atoms with van der Waals surface area (Å²) in [5, 5.41) is 14.7. The molecule has 10 nitrogen and oxygen atoms in total. The van der Waals surface area contributed by atoms with E-state index in [1.807, 2.05) is 54.1 Å². The Labute approximate surface area is 225 Å². The molecule has 0 unspecified atom stereocenters. The van der Waals surface area contributed by atoms with Crippen LogP contribution in [0.1, 0.15) is 44.1 Å². The molecule has 0 saturated carbocycles. The summed E-state index contributed by atoms with van der Waals surface area (Å²) in [6.07, 6.45) is 7.06. The number of rotatable bonds is 14. The standard InChI is InChI=1S/C28H41N5O5/c1-4-5-13-31(14-7-12-30(2)3)26(34)19-32-18-22(21-8-9-24-25(17-21)38-20-37-24)27(28(35)36)23(32)10-16-33-15-6-11-29-33/h6,8-9,11,15,17,22-23,27H,4-5,7,10,12-14,16,18-20H2,1-3H3,(H,35,36)/t22-,23+,27-/m1/s1. The van der Waals surface area contributed by atoms with E-state index in [0.29, 0.717) is 37.6 Å². The van der Waals surface area contributed by atoms with Gasteiger partial charge in [-0.15, -0.1) is 0 Å². The summed E-state index contributed by atoms with van der Waals surface area (Å²) in [6.45, 7) is 5.93. The maximum Gasteiger partial charge on any atom is 0.308 e. The summed E-state index contributed by atoms with van der Waals surface area (Å²) in [4.78, 5) is 32.5. The van der Waals surface area contributed by atoms with E-state index in [0.717, 1.165) is 37.9 Å². The molecule has 1 N–H and O–H groups in total. The number of ether oxygens (including phenoxy) is 2. The van der Waals surface area contributed by atoms with Crippen molar-refractivity contribution in [1.82, 2.24) is 24.5 Å². The molecule has 1 saturated heterocycles. The number of aryl methyl sites for hydroxylation is 1. The molecule has 208 valence electrons. The molecule has 1 fully saturated rings. The number of aliphatic carboxylic acids is 1. The minimum absolute atomic E-state index is 0.0665. The highest BCUT2D eigenvalue weighted by Crippen LogP contribution is 2.42. The van der Waals surface area contributed by atoms with E-state index in [9.17, 15) is 14.7 Å². The second-order valence-electron chi connectivity index (χ2n) is 10.5. The van der Waals surface area contributed by atoms with E-state index in [4.69, 9.17) is 9.47 Å². The lowest BCUT2D eigenvalue weighted by Gasteiger charge is -2.30. The van der Waals surface area contributed by atoms with E-state index in [1.165, 1.54) is 0 Å². The molecule has 2 aromatic rings. The molecule has 10 heteroatoms. The van der Waals surface area contributed by atoms with Crippen LogP contribution in [0.15, 0.2) is 36.7 Å². The Balaban J connectivity index is 1.55. The lowest BCUT2D eigenvalue weighted by atomic mass is 9.84. The number of unbranched alkanes of at least 4 members (excludes halogenated alkanes) is 1. The number of amides is 1. The zero-order valence-electron chi connectivity index (χ0n) is 22.8. The summed E-state index contributed by atoms with van der Waals surface area (Å²) >= 11 is 0. The van der Waals surface area contributed by atoms with E-state index in [-0.39, 0.29) is 31.2 Å². The molecule has 1 amide bonds. The third kappa shape index (κ3) is 6.85. The predicted octanol–water partition coefficient (Wildman–Crippen LogP) is 2.75. The van der Waals surface area contributed by atoms with Crippen molar-refractivity contribution >= 4 is 11.9 Å². The Morgan fingerprint density at radius 3 is 2.63 bits per heavy atom. The fraction of sp³-hybridized carbons (Fsp3) is 0.607. The lowest BCUT2D eigenvalue weighted by molar-refractivity contribution is -0.144. The Morgan fingerprint density at radius 1 is 1.13 bits per heavy atom. The minimum atomic E-state index is -0.845. The lowest BCUT2D eigenvalue weighted by Crippen LogP contribution is -2.45. The number of benzene rings is 1. The molecule has 0 radical (unpaired) electrons. The smallest absolute Gasteiger partial charge is 0.308 e. The first kappa shape index (κ1) is 27.9. The van der Waals surface area contributed by atoms with Crippen molar-refractivity contribution in [3.8, 4) is 11.5 Å². The number of carbonyl (C=O) groups excluding carboxylic acids is 1. The second-order valence-corrected chi connectivity index (χ2v) is 10.5. The highest BCUT2D eigenvalue weighted by atomic mass is 16.7. The molecule has 2 aliphatic rings. The number of hydrogen-bond donors (Lipinski definition) is 1. The number of hydrogen-bond acceptors (Lipinski definition) is 7. The van der Waals surface area contributed by atoms with Gasteiger partial charge in [-0.2, -0.15) is 5.10 Å². The van der Waals surface area contributed by atoms with E-state index < -0.39 is 11.9 Å². The van der Waals surface area contributed by atoms with Gasteiger partial charge >= 0.3 is 5.97 Å². The van der Waals surface area contributed by atoms with Crippen molar-refractivity contribution in [3.05, 3.63) is 42.2 Å². The van der Waals surface area contributed by atoms with Crippen molar-refractivity contribution in [2.45, 2.75) is 51.1 Å². The van der Waals surface area contributed by atoms with Gasteiger partial charge < -0.3 is 24.4 Å². The van der Waals surface area contributed by atoms with Gasteiger partial charge in [0.2, 0.25) is 12.7 Å². The maximum atomic E-state index is 13.6. The fourth-order valence-corrected chi connectivity index (χ4v) is 5.59. The van der Waals surface area contributed by atoms with Crippen LogP contribution in [0.25, 0.3) is 0 Å². The maximum absolute atomic E-state index is 13.6. The fourth-order valence-electron chi connectivity index (χ4n) is 5.59. The highest BCUT2D eigenvalue weighted by molar-refractivity contribution is 5.79. The van der Waals surface area contributed by atoms with Gasteiger partial charge in [-0.25, -0.2) is 0 Å². The normalized spacial score (nSPS) is 20.8. The van der Waals surface area contributed by atoms with E-state index >= 15 is 0 Å². The molecular weight excluding hydrogens is 486 g/mol. The molecule has 38 heavy (non-hydrogen) atoms. The Morgan fingerprint density at radius 2 is 1.92 bits per heavy atom. The van der Waals surface area contributed by atoms with E-state index in [2.05, 4.69) is 21.8 Å². The average molecular weight is 528 g/mol. The molecule has 1 aromatic carbocycles. The van der Waals surface area contributed by atoms with Gasteiger partial charge in [-0.05, 0) is 63.7 Å². The first-order valence-corrected chi connectivity index (χ1v) is 13.6. The van der Waals surface area contributed by atoms with Crippen molar-refractivity contribution in [1.29, 1.82) is 0 Å². The monoisotopic (exact) mass is 527 g/mol. The van der Waals surface area contributed by atoms with Crippen LogP contribution in [0.3, 0.4) is 0 Å². The minimum Gasteiger partial charge on any atom is -0.481 e. The zero-order chi connectivity index (χ0) is 27.1. The van der Waals surface area contributed by atoms with Crippen LogP contribution < -0.4 is 9.47 Å². The average Bonchev–Trinajstić information content (AvgIpc) is 3.64. The largest absolute Gasteiger partial charge is 0.481 e. The van der Waals surface area contributed by atoms with Crippen LogP contribution in [0.2, 0.25) is 0 Å². The van der Waals surface area contributed by atoms with Crippen LogP contribution in [0, 0.1) is 5.92 Å². The number of aromatic nitrogens is 2. The van der Waals surface area contributed by atoms with Gasteiger partial charge in [0.1, 0.15) is 0 Å². The quantitative estimate of drug-likeness (QED) is 0.400. The first-order valence-electron chi connectivity index (χ1n) is 13.6. The SMILES string of the molecule is CCCCN(CCCN(C)C)C(=O)CN1C[C@H](c2ccc3c(c2)OCO3)[C@@H](C(=O)O)[C@@H]1CCn1cccn1. The van der Waals surface area contributed by atoms with Crippen LogP contribution in [0.4, 0.5) is 0 Å². The van der Waals surface area contributed by atoms with Crippen LogP contribution in [0.5, 0.6) is 11.5 Å². The number of fused-ring (bicyclic) bond motifs is 1. The summed E-state index contributed by atoms with van der Waals surface area (Å²) in [5.74, 6) is -0.392. The highest BCUT2D eigenvalue weighted by Gasteiger charge is 2.47. The Kier molecular flexibility index (Phi) is 9.63. The zero-order valence-corrected chi connectivity index (χ0v) is 22.8. The van der Waals surface area contributed by atoms with Crippen molar-refractivity contribution in [2.75, 3.05) is 53.6 Å². The molecule has 3 atom stereocenters. The van der Waals surface area contributed by atoms with Crippen LogP contribution >= 0.6 is 0 Å². The molecule has 2 aliphatic heterocycles. The Bertz CT molecular complexity index is 1060. The second kappa shape index (κ2) is 13.1. The van der Waals surface area contributed by atoms with Gasteiger partial charge in [0.25, 0.3) is 0 Å². The Hall–Kier alpha value is -3.11. The molecule has 4 rings (SSSR count). The van der Waals surface area contributed by atoms with Crippen LogP contribution in [-0.4, -0.2) is 101 Å². The van der Waals surface area contributed by atoms with Crippen molar-refractivity contribution in [3.63, 3.8) is 0 Å². The van der Waals surface area contributed by atoms with Crippen molar-refractivity contribution < 1.29 is 24.2 Å². The number of carbonyl (C=O) groups is 2. The number of nitrogens with zero attached hydrogens (tertiary/aromatic N) is 5. The van der Waals surface area contributed by atoms with Gasteiger partial charge in [0.15, 0.2) is 11.5 Å². The molecule has 3 heterocycles. The van der Waals surface area contributed by atoms with E-state index in [1.54, 1.807) is 6.20 Å². The molecule has 0 bridgehead atoms. The van der Waals surface area contributed by atoms with Gasteiger partial charge in [0, 0.05) is 50.5 Å². The third-order valence-corrected chi connectivity index (χ3v) is 7.58. The van der Waals surface area contributed by atoms with Gasteiger partial charge in [0.05, 0.1) is 12.5 Å². The number of carboxylic acid groups (broad SMARTS) is 1. The molecule has 0 spiro atoms. The summed E-state index contributed by atoms with van der Waals surface area (Å²) in [7, 11) is 4.07. The molecule has 1 aromatic heterocycles. The van der Waals surface area contributed by atoms with Gasteiger partial charge in [-0.3, -0.25) is 19.2 Å². The summed E-state index contributed by atoms with van der Waals surface area (Å²) < 4.78 is 12.9. The first-order chi connectivity index (χ1) is 18.4. The topological polar surface area (TPSA) is 100 Å². The van der Waals surface area contributed by atoms with Crippen molar-refractivity contribution in [2.24, 2.45) is 5.92 Å². The number of likely N-dealkylation sites (tertiary alicyclic amines) is 1. The number of carboxylic acids is 1. The summed E-state index contributed by atoms with van der Waals surface area (Å²) in [6, 6.07) is 7.23. The van der Waals surface area contributed by atoms with Crippen LogP contribution in [-0.2, 0) is 16.1 Å². The van der Waals surface area contributed by atoms with Gasteiger partial charge in [-0.1, -0.05) is 19.4 Å². The predicted molar refractivity (Wildman–Crippen MR) is 143 cm³/mol.